The minimum Gasteiger partial charge on any atom is -0.389 e. The maximum atomic E-state index is 9.82. The second kappa shape index (κ2) is 8.78. The molecule has 0 spiro atoms. The van der Waals surface area contributed by atoms with E-state index in [2.05, 4.69) is 59.4 Å². The van der Waals surface area contributed by atoms with Crippen molar-refractivity contribution >= 4 is 11.8 Å². The Labute approximate surface area is 143 Å². The Hall–Kier alpha value is 0.0500. The van der Waals surface area contributed by atoms with Crippen LogP contribution in [0, 0.1) is 11.3 Å². The Morgan fingerprint density at radius 3 is 2.14 bits per heavy atom. The lowest BCUT2D eigenvalue weighted by Crippen LogP contribution is -2.42. The van der Waals surface area contributed by atoms with E-state index in [0.29, 0.717) is 16.1 Å². The third kappa shape index (κ3) is 4.32. The monoisotopic (exact) mass is 326 g/mol. The van der Waals surface area contributed by atoms with Crippen LogP contribution >= 0.6 is 11.8 Å². The molecule has 2 heteroatoms. The molecule has 0 saturated carbocycles. The highest BCUT2D eigenvalue weighted by Crippen LogP contribution is 2.51. The molecule has 2 unspecified atom stereocenters. The Morgan fingerprint density at radius 2 is 1.68 bits per heavy atom. The van der Waals surface area contributed by atoms with Gasteiger partial charge in [0.05, 0.1) is 6.10 Å². The topological polar surface area (TPSA) is 20.2 Å². The smallest absolute Gasteiger partial charge is 0.0747 e. The molecule has 0 aromatic rings. The van der Waals surface area contributed by atoms with Gasteiger partial charge < -0.3 is 5.11 Å². The van der Waals surface area contributed by atoms with Crippen LogP contribution in [0.2, 0.25) is 0 Å². The zero-order valence-electron chi connectivity index (χ0n) is 15.7. The maximum absolute atomic E-state index is 9.82. The van der Waals surface area contributed by atoms with Crippen molar-refractivity contribution in [2.45, 2.75) is 97.3 Å². The fourth-order valence-electron chi connectivity index (χ4n) is 4.18. The van der Waals surface area contributed by atoms with Crippen LogP contribution in [0.1, 0.15) is 86.5 Å². The van der Waals surface area contributed by atoms with E-state index < -0.39 is 0 Å². The summed E-state index contributed by atoms with van der Waals surface area (Å²) in [4.78, 5) is 0. The van der Waals surface area contributed by atoms with Crippen LogP contribution in [0.4, 0.5) is 0 Å². The van der Waals surface area contributed by atoms with E-state index in [1.807, 2.05) is 0 Å². The molecule has 0 heterocycles. The van der Waals surface area contributed by atoms with Crippen LogP contribution in [-0.4, -0.2) is 21.7 Å². The predicted octanol–water partition coefficient (Wildman–Crippen LogP) is 6.21. The lowest BCUT2D eigenvalue weighted by Gasteiger charge is -2.48. The summed E-state index contributed by atoms with van der Waals surface area (Å²) in [6, 6.07) is 0. The van der Waals surface area contributed by atoms with Crippen molar-refractivity contribution < 1.29 is 5.11 Å². The molecule has 1 aliphatic carbocycles. The molecule has 0 aromatic heterocycles. The molecule has 0 amide bonds. The first-order valence-corrected chi connectivity index (χ1v) is 10.4. The summed E-state index contributed by atoms with van der Waals surface area (Å²) in [6.07, 6.45) is 10.6. The van der Waals surface area contributed by atoms with E-state index in [1.165, 1.54) is 43.4 Å². The van der Waals surface area contributed by atoms with Gasteiger partial charge in [0.2, 0.25) is 0 Å². The van der Waals surface area contributed by atoms with Crippen molar-refractivity contribution in [2.24, 2.45) is 11.3 Å². The summed E-state index contributed by atoms with van der Waals surface area (Å²) in [5, 5.41) is 9.82. The minimum absolute atomic E-state index is 0.183. The van der Waals surface area contributed by atoms with Gasteiger partial charge in [-0.1, -0.05) is 40.7 Å². The summed E-state index contributed by atoms with van der Waals surface area (Å²) in [6.45, 7) is 14.0. The van der Waals surface area contributed by atoms with Gasteiger partial charge in [0.1, 0.15) is 0 Å². The van der Waals surface area contributed by atoms with Gasteiger partial charge in [-0.15, -0.1) is 0 Å². The van der Waals surface area contributed by atoms with E-state index in [4.69, 9.17) is 0 Å². The number of aliphatic hydroxyl groups excluding tert-OH is 1. The molecule has 2 atom stereocenters. The molecule has 130 valence electrons. The van der Waals surface area contributed by atoms with Crippen molar-refractivity contribution in [1.29, 1.82) is 0 Å². The molecule has 0 aliphatic heterocycles. The van der Waals surface area contributed by atoms with E-state index in [0.717, 1.165) is 12.8 Å². The van der Waals surface area contributed by atoms with Crippen molar-refractivity contribution in [3.05, 3.63) is 11.6 Å². The molecule has 0 saturated heterocycles. The quantitative estimate of drug-likeness (QED) is 0.508. The van der Waals surface area contributed by atoms with Gasteiger partial charge in [0.25, 0.3) is 0 Å². The normalized spacial score (nSPS) is 23.5. The van der Waals surface area contributed by atoms with Gasteiger partial charge in [-0.25, -0.2) is 0 Å². The van der Waals surface area contributed by atoms with Crippen LogP contribution in [0.15, 0.2) is 11.6 Å². The predicted molar refractivity (Wildman–Crippen MR) is 102 cm³/mol. The van der Waals surface area contributed by atoms with Gasteiger partial charge in [0, 0.05) is 4.75 Å². The summed E-state index contributed by atoms with van der Waals surface area (Å²) in [7, 11) is 0. The van der Waals surface area contributed by atoms with Gasteiger partial charge in [0.15, 0.2) is 0 Å². The van der Waals surface area contributed by atoms with E-state index in [9.17, 15) is 5.11 Å². The maximum Gasteiger partial charge on any atom is 0.0747 e. The molecule has 0 fully saturated rings. The molecule has 1 rings (SSSR count). The van der Waals surface area contributed by atoms with E-state index in [-0.39, 0.29) is 6.10 Å². The number of aliphatic hydroxyl groups is 1. The number of hydrogen-bond donors (Lipinski definition) is 1. The Bertz CT molecular complexity index is 353. The summed E-state index contributed by atoms with van der Waals surface area (Å²) in [5.74, 6) is 1.93. The zero-order valence-corrected chi connectivity index (χ0v) is 16.6. The first-order chi connectivity index (χ1) is 10.4. The van der Waals surface area contributed by atoms with Crippen LogP contribution < -0.4 is 0 Å². The number of thioether (sulfide) groups is 1. The summed E-state index contributed by atoms with van der Waals surface area (Å²) in [5.41, 5.74) is 1.63. The molecule has 22 heavy (non-hydrogen) atoms. The molecule has 1 N–H and O–H groups in total. The second-order valence-corrected chi connectivity index (χ2v) is 8.85. The number of rotatable bonds is 9. The van der Waals surface area contributed by atoms with Crippen LogP contribution in [0.5, 0.6) is 0 Å². The molecule has 0 radical (unpaired) electrons. The van der Waals surface area contributed by atoms with Gasteiger partial charge in [-0.2, -0.15) is 11.8 Å². The van der Waals surface area contributed by atoms with E-state index in [1.54, 1.807) is 0 Å². The van der Waals surface area contributed by atoms with Crippen molar-refractivity contribution in [1.82, 2.24) is 0 Å². The second-order valence-electron chi connectivity index (χ2n) is 7.37. The first-order valence-electron chi connectivity index (χ1n) is 9.38. The Balaban J connectivity index is 2.66. The SMILES string of the molecule is CCC(C)(CC)C(CC)(CC)SCCC1C=C(C)C(O)CC1. The summed E-state index contributed by atoms with van der Waals surface area (Å²) < 4.78 is 0.420. The minimum atomic E-state index is -0.183. The Kier molecular flexibility index (Phi) is 8.02. The fourth-order valence-corrected chi connectivity index (χ4v) is 6.03. The van der Waals surface area contributed by atoms with Crippen LogP contribution in [-0.2, 0) is 0 Å². The highest BCUT2D eigenvalue weighted by atomic mass is 32.2. The Morgan fingerprint density at radius 1 is 1.09 bits per heavy atom. The van der Waals surface area contributed by atoms with Crippen molar-refractivity contribution in [3.63, 3.8) is 0 Å². The number of hydrogen-bond acceptors (Lipinski definition) is 2. The van der Waals surface area contributed by atoms with Gasteiger partial charge in [-0.3, -0.25) is 0 Å². The largest absolute Gasteiger partial charge is 0.389 e. The molecule has 1 nitrogen and oxygen atoms in total. The van der Waals surface area contributed by atoms with E-state index >= 15 is 0 Å². The summed E-state index contributed by atoms with van der Waals surface area (Å²) >= 11 is 2.23. The molecular formula is C20H38OS. The molecule has 0 bridgehead atoms. The van der Waals surface area contributed by atoms with Crippen LogP contribution in [0.25, 0.3) is 0 Å². The lowest BCUT2D eigenvalue weighted by atomic mass is 9.69. The van der Waals surface area contributed by atoms with Crippen LogP contribution in [0.3, 0.4) is 0 Å². The third-order valence-corrected chi connectivity index (χ3v) is 8.57. The number of allylic oxidation sites excluding steroid dienone is 1. The van der Waals surface area contributed by atoms with Crippen molar-refractivity contribution in [2.75, 3.05) is 5.75 Å². The van der Waals surface area contributed by atoms with Crippen molar-refractivity contribution in [3.8, 4) is 0 Å². The lowest BCUT2D eigenvalue weighted by molar-refractivity contribution is 0.181. The van der Waals surface area contributed by atoms with Gasteiger partial charge >= 0.3 is 0 Å². The molecule has 1 aliphatic rings. The highest BCUT2D eigenvalue weighted by molar-refractivity contribution is 8.00. The molecular weight excluding hydrogens is 288 g/mol. The molecule has 0 aromatic carbocycles. The first kappa shape index (κ1) is 20.1. The standard InChI is InChI=1S/C20H38OS/c1-7-19(6,8-2)20(9-3,10-4)22-14-13-17-11-12-18(21)16(5)15-17/h15,17-18,21H,7-14H2,1-6H3. The fraction of sp³-hybridized carbons (Fsp3) is 0.900. The zero-order chi connectivity index (χ0) is 16.8. The highest BCUT2D eigenvalue weighted by Gasteiger charge is 2.43. The van der Waals surface area contributed by atoms with Gasteiger partial charge in [-0.05, 0) is 74.5 Å². The average Bonchev–Trinajstić information content (AvgIpc) is 2.54. The third-order valence-electron chi connectivity index (χ3n) is 6.50. The average molecular weight is 327 g/mol.